The molecule has 0 unspecified atom stereocenters. The molecule has 3 rings (SSSR count). The maximum absolute atomic E-state index is 13.0. The van der Waals surface area contributed by atoms with Gasteiger partial charge in [0, 0.05) is 44.6 Å². The number of para-hydroxylation sites is 1. The number of carbonyl (C=O) groups is 2. The molecule has 1 saturated heterocycles. The van der Waals surface area contributed by atoms with Gasteiger partial charge in [0.25, 0.3) is 11.8 Å². The van der Waals surface area contributed by atoms with Gasteiger partial charge in [-0.3, -0.25) is 9.59 Å². The lowest BCUT2D eigenvalue weighted by atomic mass is 10.1. The molecule has 0 bridgehead atoms. The third-order valence-electron chi connectivity index (χ3n) is 5.41. The molecule has 2 amide bonds. The Balaban J connectivity index is 1.72. The second-order valence-electron chi connectivity index (χ2n) is 6.98. The van der Waals surface area contributed by atoms with E-state index in [9.17, 15) is 9.59 Å². The van der Waals surface area contributed by atoms with E-state index < -0.39 is 0 Å². The molecule has 6 heteroatoms. The average molecular weight is 369 g/mol. The van der Waals surface area contributed by atoms with E-state index in [0.29, 0.717) is 37.5 Å². The standard InChI is InChI=1S/C21H27N3O3/c1-15-14-18(16(2)22(15)3)21(26)24-11-7-10-23(12-13-24)20(25)17-8-5-6-9-19(17)27-4/h5-6,8-9,14H,7,10-13H2,1-4H3. The second-order valence-corrected chi connectivity index (χ2v) is 6.98. The molecule has 144 valence electrons. The number of aromatic nitrogens is 1. The maximum Gasteiger partial charge on any atom is 0.257 e. The van der Waals surface area contributed by atoms with Crippen LogP contribution >= 0.6 is 0 Å². The van der Waals surface area contributed by atoms with Crippen molar-refractivity contribution in [2.75, 3.05) is 33.3 Å². The molecule has 0 saturated carbocycles. The summed E-state index contributed by atoms with van der Waals surface area (Å²) in [6.45, 7) is 6.31. The van der Waals surface area contributed by atoms with Crippen LogP contribution in [0.1, 0.15) is 38.5 Å². The fraction of sp³-hybridized carbons (Fsp3) is 0.429. The van der Waals surface area contributed by atoms with Crippen LogP contribution in [0.15, 0.2) is 30.3 Å². The van der Waals surface area contributed by atoms with Gasteiger partial charge in [-0.1, -0.05) is 12.1 Å². The Morgan fingerprint density at radius 1 is 0.926 bits per heavy atom. The molecule has 6 nitrogen and oxygen atoms in total. The molecule has 2 heterocycles. The predicted molar refractivity (Wildman–Crippen MR) is 104 cm³/mol. The average Bonchev–Trinajstić information content (AvgIpc) is 2.88. The van der Waals surface area contributed by atoms with Crippen LogP contribution in [0.2, 0.25) is 0 Å². The van der Waals surface area contributed by atoms with Crippen LogP contribution in [-0.4, -0.2) is 59.5 Å². The first-order valence-corrected chi connectivity index (χ1v) is 9.28. The monoisotopic (exact) mass is 369 g/mol. The van der Waals surface area contributed by atoms with Gasteiger partial charge in [-0.25, -0.2) is 0 Å². The molecular weight excluding hydrogens is 342 g/mol. The summed E-state index contributed by atoms with van der Waals surface area (Å²) >= 11 is 0. The second kappa shape index (κ2) is 7.86. The van der Waals surface area contributed by atoms with Gasteiger partial charge < -0.3 is 19.1 Å². The van der Waals surface area contributed by atoms with Gasteiger partial charge in [0.2, 0.25) is 0 Å². The number of aryl methyl sites for hydroxylation is 1. The minimum atomic E-state index is -0.0477. The van der Waals surface area contributed by atoms with E-state index in [-0.39, 0.29) is 11.8 Å². The summed E-state index contributed by atoms with van der Waals surface area (Å²) in [6, 6.07) is 9.21. The van der Waals surface area contributed by atoms with Crippen molar-refractivity contribution >= 4 is 11.8 Å². The molecule has 1 aliphatic rings. The molecule has 2 aromatic rings. The highest BCUT2D eigenvalue weighted by Crippen LogP contribution is 2.21. The normalized spacial score (nSPS) is 14.8. The number of ether oxygens (including phenoxy) is 1. The Morgan fingerprint density at radius 3 is 2.07 bits per heavy atom. The Hall–Kier alpha value is -2.76. The molecule has 1 aromatic carbocycles. The molecular formula is C21H27N3O3. The fourth-order valence-electron chi connectivity index (χ4n) is 3.56. The summed E-state index contributed by atoms with van der Waals surface area (Å²) in [5.41, 5.74) is 3.36. The minimum absolute atomic E-state index is 0.0443. The zero-order chi connectivity index (χ0) is 19.6. The Labute approximate surface area is 160 Å². The van der Waals surface area contributed by atoms with E-state index >= 15 is 0 Å². The smallest absolute Gasteiger partial charge is 0.257 e. The lowest BCUT2D eigenvalue weighted by molar-refractivity contribution is 0.0716. The molecule has 0 radical (unpaired) electrons. The summed E-state index contributed by atoms with van der Waals surface area (Å²) in [7, 11) is 3.54. The highest BCUT2D eigenvalue weighted by atomic mass is 16.5. The number of rotatable bonds is 3. The van der Waals surface area contributed by atoms with Crippen molar-refractivity contribution in [1.29, 1.82) is 0 Å². The van der Waals surface area contributed by atoms with Crippen molar-refractivity contribution in [3.8, 4) is 5.75 Å². The largest absolute Gasteiger partial charge is 0.496 e. The van der Waals surface area contributed by atoms with E-state index in [0.717, 1.165) is 23.4 Å². The highest BCUT2D eigenvalue weighted by Gasteiger charge is 2.26. The van der Waals surface area contributed by atoms with Gasteiger partial charge >= 0.3 is 0 Å². The van der Waals surface area contributed by atoms with Crippen molar-refractivity contribution in [3.05, 3.63) is 52.8 Å². The Bertz CT molecular complexity index is 856. The molecule has 0 aliphatic carbocycles. The lowest BCUT2D eigenvalue weighted by Gasteiger charge is -2.23. The van der Waals surface area contributed by atoms with Gasteiger partial charge in [0.1, 0.15) is 5.75 Å². The van der Waals surface area contributed by atoms with Crippen LogP contribution in [0.5, 0.6) is 5.75 Å². The molecule has 1 aromatic heterocycles. The summed E-state index contributed by atoms with van der Waals surface area (Å²) in [6.07, 6.45) is 0.761. The van der Waals surface area contributed by atoms with Crippen LogP contribution in [0.3, 0.4) is 0 Å². The van der Waals surface area contributed by atoms with Crippen molar-refractivity contribution in [2.45, 2.75) is 20.3 Å². The highest BCUT2D eigenvalue weighted by molar-refractivity contribution is 5.97. The Kier molecular flexibility index (Phi) is 5.54. The molecule has 1 aliphatic heterocycles. The zero-order valence-electron chi connectivity index (χ0n) is 16.5. The first-order valence-electron chi connectivity index (χ1n) is 9.28. The van der Waals surface area contributed by atoms with E-state index in [1.165, 1.54) is 0 Å². The first-order chi connectivity index (χ1) is 12.9. The van der Waals surface area contributed by atoms with E-state index in [2.05, 4.69) is 0 Å². The van der Waals surface area contributed by atoms with Crippen LogP contribution in [0.25, 0.3) is 0 Å². The van der Waals surface area contributed by atoms with Crippen LogP contribution in [-0.2, 0) is 7.05 Å². The summed E-state index contributed by atoms with van der Waals surface area (Å²) in [5.74, 6) is 0.575. The van der Waals surface area contributed by atoms with Crippen molar-refractivity contribution < 1.29 is 14.3 Å². The number of nitrogens with zero attached hydrogens (tertiary/aromatic N) is 3. The molecule has 0 spiro atoms. The number of benzene rings is 1. The number of amides is 2. The number of methoxy groups -OCH3 is 1. The van der Waals surface area contributed by atoms with Crippen molar-refractivity contribution in [1.82, 2.24) is 14.4 Å². The number of hydrogen-bond donors (Lipinski definition) is 0. The van der Waals surface area contributed by atoms with Crippen LogP contribution in [0.4, 0.5) is 0 Å². The van der Waals surface area contributed by atoms with Gasteiger partial charge in [-0.15, -0.1) is 0 Å². The summed E-state index contributed by atoms with van der Waals surface area (Å²) < 4.78 is 7.35. The molecule has 0 atom stereocenters. The topological polar surface area (TPSA) is 54.8 Å². The molecule has 1 fully saturated rings. The number of carbonyl (C=O) groups excluding carboxylic acids is 2. The SMILES string of the molecule is COc1ccccc1C(=O)N1CCCN(C(=O)c2cc(C)n(C)c2C)CC1. The van der Waals surface area contributed by atoms with Crippen molar-refractivity contribution in [3.63, 3.8) is 0 Å². The van der Waals surface area contributed by atoms with Crippen LogP contribution < -0.4 is 4.74 Å². The van der Waals surface area contributed by atoms with Gasteiger partial charge in [-0.05, 0) is 38.5 Å². The summed E-state index contributed by atoms with van der Waals surface area (Å²) in [4.78, 5) is 29.6. The summed E-state index contributed by atoms with van der Waals surface area (Å²) in [5, 5.41) is 0. The fourth-order valence-corrected chi connectivity index (χ4v) is 3.56. The third kappa shape index (κ3) is 3.70. The Morgan fingerprint density at radius 2 is 1.52 bits per heavy atom. The van der Waals surface area contributed by atoms with Gasteiger partial charge in [-0.2, -0.15) is 0 Å². The van der Waals surface area contributed by atoms with Crippen molar-refractivity contribution in [2.24, 2.45) is 7.05 Å². The zero-order valence-corrected chi connectivity index (χ0v) is 16.5. The van der Waals surface area contributed by atoms with E-state index in [1.807, 2.05) is 53.5 Å². The van der Waals surface area contributed by atoms with Gasteiger partial charge in [0.15, 0.2) is 0 Å². The van der Waals surface area contributed by atoms with Gasteiger partial charge in [0.05, 0.1) is 18.2 Å². The van der Waals surface area contributed by atoms with Crippen LogP contribution in [0, 0.1) is 13.8 Å². The molecule has 27 heavy (non-hydrogen) atoms. The van der Waals surface area contributed by atoms with E-state index in [4.69, 9.17) is 4.74 Å². The molecule has 0 N–H and O–H groups in total. The predicted octanol–water partition coefficient (Wildman–Crippen LogP) is 2.64. The minimum Gasteiger partial charge on any atom is -0.496 e. The maximum atomic E-state index is 13.0. The third-order valence-corrected chi connectivity index (χ3v) is 5.41. The lowest BCUT2D eigenvalue weighted by Crippen LogP contribution is -2.37. The quantitative estimate of drug-likeness (QED) is 0.836. The number of hydrogen-bond acceptors (Lipinski definition) is 3. The van der Waals surface area contributed by atoms with E-state index in [1.54, 1.807) is 19.2 Å². The first kappa shape index (κ1) is 19.0.